The second-order valence-corrected chi connectivity index (χ2v) is 8.87. The Morgan fingerprint density at radius 2 is 2.06 bits per heavy atom. The zero-order valence-electron chi connectivity index (χ0n) is 18.3. The summed E-state index contributed by atoms with van der Waals surface area (Å²) < 4.78 is 35.1. The van der Waals surface area contributed by atoms with Crippen LogP contribution in [0.3, 0.4) is 0 Å². The second-order valence-electron chi connectivity index (χ2n) is 7.10. The molecule has 4 N–H and O–H groups in total. The van der Waals surface area contributed by atoms with Gasteiger partial charge in [-0.05, 0) is 45.0 Å². The van der Waals surface area contributed by atoms with Gasteiger partial charge in [-0.3, -0.25) is 9.48 Å². The van der Waals surface area contributed by atoms with Gasteiger partial charge in [0.1, 0.15) is 17.1 Å². The summed E-state index contributed by atoms with van der Waals surface area (Å²) in [6, 6.07) is 4.43. The molecule has 0 aliphatic rings. The van der Waals surface area contributed by atoms with Crippen molar-refractivity contribution in [3.63, 3.8) is 0 Å². The van der Waals surface area contributed by atoms with Gasteiger partial charge in [-0.25, -0.2) is 18.1 Å². The Morgan fingerprint density at radius 1 is 1.28 bits per heavy atom. The van der Waals surface area contributed by atoms with Crippen LogP contribution in [-0.4, -0.2) is 66.6 Å². The van der Waals surface area contributed by atoms with Crippen LogP contribution in [0, 0.1) is 0 Å². The number of hydrogen-bond donors (Lipinski definition) is 4. The van der Waals surface area contributed by atoms with Crippen LogP contribution in [0.5, 0.6) is 5.75 Å². The van der Waals surface area contributed by atoms with Gasteiger partial charge in [0.15, 0.2) is 5.52 Å². The van der Waals surface area contributed by atoms with Gasteiger partial charge in [-0.2, -0.15) is 5.10 Å². The van der Waals surface area contributed by atoms with Crippen LogP contribution in [0.15, 0.2) is 27.9 Å². The maximum atomic E-state index is 12.8. The number of nitrogens with one attached hydrogen (secondary N) is 3. The number of hydrogen-bond acceptors (Lipinski definition) is 8. The Balaban J connectivity index is 2.15. The van der Waals surface area contributed by atoms with Gasteiger partial charge in [0.05, 0.1) is 22.8 Å². The van der Waals surface area contributed by atoms with E-state index in [1.54, 1.807) is 27.1 Å². The lowest BCUT2D eigenvalue weighted by Crippen LogP contribution is -2.30. The van der Waals surface area contributed by atoms with Crippen molar-refractivity contribution in [2.75, 3.05) is 33.4 Å². The van der Waals surface area contributed by atoms with E-state index in [2.05, 4.69) is 25.1 Å². The minimum absolute atomic E-state index is 0.0109. The molecule has 174 valence electrons. The Hall–Kier alpha value is -2.80. The topological polar surface area (TPSA) is 151 Å². The molecular formula is C20H28N6O5S. The Kier molecular flexibility index (Phi) is 7.61. The van der Waals surface area contributed by atoms with E-state index in [9.17, 15) is 13.2 Å². The summed E-state index contributed by atoms with van der Waals surface area (Å²) in [4.78, 5) is 20.2. The number of aryl methyl sites for hydroxylation is 2. The Labute approximate surface area is 185 Å². The zero-order valence-corrected chi connectivity index (χ0v) is 19.1. The highest BCUT2D eigenvalue weighted by Gasteiger charge is 2.21. The van der Waals surface area contributed by atoms with E-state index >= 15 is 0 Å². The highest BCUT2D eigenvalue weighted by atomic mass is 32.2. The fourth-order valence-electron chi connectivity index (χ4n) is 3.33. The summed E-state index contributed by atoms with van der Waals surface area (Å²) >= 11 is 0. The molecule has 0 atom stereocenters. The Bertz CT molecular complexity index is 1250. The number of sulfonamides is 1. The standard InChI is InChI=1S/C20H28N6O5S/c1-4-31-16-8-7-13(32(29,30)22-10-9-21-2)12-14(16)19-23-17-15(6-5-11-27)25-26(3)18(17)20(28)24-19/h7-8,12,21-22,27H,4-6,9-11H2,1-3H3,(H,23,24,28). The molecule has 3 aromatic rings. The van der Waals surface area contributed by atoms with Crippen LogP contribution < -0.4 is 20.3 Å². The number of rotatable bonds is 11. The number of aliphatic hydroxyl groups is 1. The van der Waals surface area contributed by atoms with Crippen LogP contribution in [0.25, 0.3) is 22.4 Å². The molecule has 0 radical (unpaired) electrons. The molecule has 0 aliphatic carbocycles. The maximum Gasteiger partial charge on any atom is 0.277 e. The van der Waals surface area contributed by atoms with E-state index in [-0.39, 0.29) is 23.9 Å². The molecule has 3 rings (SSSR count). The number of aromatic nitrogens is 4. The van der Waals surface area contributed by atoms with Gasteiger partial charge < -0.3 is 20.1 Å². The molecule has 0 unspecified atom stereocenters. The third-order valence-corrected chi connectivity index (χ3v) is 6.28. The van der Waals surface area contributed by atoms with Crippen LogP contribution in [0.2, 0.25) is 0 Å². The van der Waals surface area contributed by atoms with Crippen molar-refractivity contribution in [1.29, 1.82) is 0 Å². The number of nitrogens with zero attached hydrogens (tertiary/aromatic N) is 3. The first-order valence-electron chi connectivity index (χ1n) is 10.3. The first-order valence-corrected chi connectivity index (χ1v) is 11.8. The smallest absolute Gasteiger partial charge is 0.277 e. The molecule has 0 bridgehead atoms. The van der Waals surface area contributed by atoms with E-state index < -0.39 is 15.6 Å². The largest absolute Gasteiger partial charge is 0.493 e. The van der Waals surface area contributed by atoms with Gasteiger partial charge in [0.2, 0.25) is 10.0 Å². The number of likely N-dealkylation sites (N-methyl/N-ethyl adjacent to an activating group) is 1. The highest BCUT2D eigenvalue weighted by Crippen LogP contribution is 2.31. The summed E-state index contributed by atoms with van der Waals surface area (Å²) in [5.74, 6) is 0.571. The molecule has 32 heavy (non-hydrogen) atoms. The number of ether oxygens (including phenoxy) is 1. The van der Waals surface area contributed by atoms with E-state index in [1.807, 2.05) is 0 Å². The van der Waals surface area contributed by atoms with Crippen molar-refractivity contribution in [2.24, 2.45) is 7.05 Å². The van der Waals surface area contributed by atoms with E-state index in [4.69, 9.17) is 9.84 Å². The number of aromatic amines is 1. The quantitative estimate of drug-likeness (QED) is 0.293. The molecule has 0 spiro atoms. The average molecular weight is 465 g/mol. The van der Waals surface area contributed by atoms with Crippen molar-refractivity contribution in [3.05, 3.63) is 34.2 Å². The van der Waals surface area contributed by atoms with Gasteiger partial charge in [0, 0.05) is 26.7 Å². The lowest BCUT2D eigenvalue weighted by molar-refractivity contribution is 0.288. The van der Waals surface area contributed by atoms with Gasteiger partial charge in [-0.15, -0.1) is 0 Å². The molecule has 0 amide bonds. The molecule has 0 fully saturated rings. The average Bonchev–Trinajstić information content (AvgIpc) is 3.08. The van der Waals surface area contributed by atoms with E-state index in [0.717, 1.165) is 0 Å². The summed E-state index contributed by atoms with van der Waals surface area (Å²) in [5.41, 5.74) is 1.23. The predicted octanol–water partition coefficient (Wildman–Crippen LogP) is 0.145. The van der Waals surface area contributed by atoms with Crippen LogP contribution in [0.1, 0.15) is 19.0 Å². The number of aliphatic hydroxyl groups excluding tert-OH is 1. The van der Waals surface area contributed by atoms with E-state index in [1.165, 1.54) is 16.8 Å². The maximum absolute atomic E-state index is 12.8. The minimum Gasteiger partial charge on any atom is -0.493 e. The molecule has 0 aliphatic heterocycles. The fourth-order valence-corrected chi connectivity index (χ4v) is 4.38. The summed E-state index contributed by atoms with van der Waals surface area (Å²) in [5, 5.41) is 16.4. The molecule has 12 heteroatoms. The third-order valence-electron chi connectivity index (χ3n) is 4.82. The van der Waals surface area contributed by atoms with Crippen LogP contribution in [-0.2, 0) is 23.5 Å². The van der Waals surface area contributed by atoms with Crippen LogP contribution in [0.4, 0.5) is 0 Å². The van der Waals surface area contributed by atoms with Crippen molar-refractivity contribution < 1.29 is 18.3 Å². The number of benzene rings is 1. The zero-order chi connectivity index (χ0) is 23.3. The number of H-pyrrole nitrogens is 1. The SMILES string of the molecule is CCOc1ccc(S(=O)(=O)NCCNC)cc1-c1nc2c(CCCO)nn(C)c2c(=O)[nH]1. The summed E-state index contributed by atoms with van der Waals surface area (Å²) in [6.07, 6.45) is 0.929. The monoisotopic (exact) mass is 464 g/mol. The highest BCUT2D eigenvalue weighted by molar-refractivity contribution is 7.89. The molecule has 1 aromatic carbocycles. The third kappa shape index (κ3) is 4.99. The van der Waals surface area contributed by atoms with Gasteiger partial charge in [-0.1, -0.05) is 0 Å². The molecule has 2 aromatic heterocycles. The normalized spacial score (nSPS) is 11.9. The molecule has 2 heterocycles. The first-order chi connectivity index (χ1) is 15.3. The summed E-state index contributed by atoms with van der Waals surface area (Å²) in [7, 11) is -0.392. The van der Waals surface area contributed by atoms with Gasteiger partial charge >= 0.3 is 0 Å². The first kappa shape index (κ1) is 23.9. The number of fused-ring (bicyclic) bond motifs is 1. The molecular weight excluding hydrogens is 436 g/mol. The Morgan fingerprint density at radius 3 is 2.75 bits per heavy atom. The van der Waals surface area contributed by atoms with E-state index in [0.29, 0.717) is 54.0 Å². The predicted molar refractivity (Wildman–Crippen MR) is 120 cm³/mol. The van der Waals surface area contributed by atoms with Crippen LogP contribution >= 0.6 is 0 Å². The van der Waals surface area contributed by atoms with Crippen molar-refractivity contribution in [2.45, 2.75) is 24.7 Å². The molecule has 0 saturated heterocycles. The molecule has 11 nitrogen and oxygen atoms in total. The van der Waals surface area contributed by atoms with Gasteiger partial charge in [0.25, 0.3) is 5.56 Å². The lowest BCUT2D eigenvalue weighted by atomic mass is 10.1. The summed E-state index contributed by atoms with van der Waals surface area (Å²) in [6.45, 7) is 2.85. The van der Waals surface area contributed by atoms with Crippen molar-refractivity contribution >= 4 is 21.1 Å². The molecule has 0 saturated carbocycles. The minimum atomic E-state index is -3.77. The lowest BCUT2D eigenvalue weighted by Gasteiger charge is -2.13. The van der Waals surface area contributed by atoms with Crippen molar-refractivity contribution in [3.8, 4) is 17.1 Å². The van der Waals surface area contributed by atoms with Crippen molar-refractivity contribution in [1.82, 2.24) is 29.8 Å². The second kappa shape index (κ2) is 10.2. The fraction of sp³-hybridized carbons (Fsp3) is 0.450.